The number of hydrogen-bond donors (Lipinski definition) is 1. The van der Waals surface area contributed by atoms with Crippen LogP contribution in [0.1, 0.15) is 17.2 Å². The summed E-state index contributed by atoms with van der Waals surface area (Å²) >= 11 is 0. The topological polar surface area (TPSA) is 93.7 Å². The molecule has 2 rings (SSSR count). The fraction of sp³-hybridized carbons (Fsp3) is 0.552. The van der Waals surface area contributed by atoms with Crippen molar-refractivity contribution in [2.24, 2.45) is 0 Å². The Bertz CT molecular complexity index is 806. The molecule has 218 valence electrons. The largest absolute Gasteiger partial charge is 0.467 e. The fourth-order valence-corrected chi connectivity index (χ4v) is 3.45. The lowest BCUT2D eigenvalue weighted by molar-refractivity contribution is -0.146. The number of alkyl halides is 1. The molecule has 0 amide bonds. The van der Waals surface area contributed by atoms with E-state index in [0.717, 1.165) is 11.1 Å². The maximum atomic E-state index is 14.4. The minimum absolute atomic E-state index is 0.00469. The van der Waals surface area contributed by atoms with Crippen molar-refractivity contribution in [1.29, 1.82) is 0 Å². The molecule has 39 heavy (non-hydrogen) atoms. The normalized spacial score (nSPS) is 12.1. The molecule has 0 radical (unpaired) electrons. The predicted molar refractivity (Wildman–Crippen MR) is 145 cm³/mol. The highest BCUT2D eigenvalue weighted by Gasteiger charge is 2.16. The van der Waals surface area contributed by atoms with Crippen LogP contribution in [0.5, 0.6) is 0 Å². The van der Waals surface area contributed by atoms with Crippen molar-refractivity contribution in [2.45, 2.75) is 12.2 Å². The second-order valence-electron chi connectivity index (χ2n) is 8.41. The van der Waals surface area contributed by atoms with Gasteiger partial charge in [-0.15, -0.1) is 0 Å². The molecule has 0 aliphatic carbocycles. The number of rotatable bonds is 24. The SMILES string of the molecule is COC(=O)COCCOCCOCCOCCOCCOCC(F)CNC(c1ccccc1)c1ccccc1. The van der Waals surface area contributed by atoms with E-state index in [0.29, 0.717) is 66.1 Å². The first-order chi connectivity index (χ1) is 19.2. The number of carbonyl (C=O) groups is 1. The third kappa shape index (κ3) is 16.3. The first-order valence-corrected chi connectivity index (χ1v) is 13.2. The molecule has 1 atom stereocenters. The molecule has 0 saturated carbocycles. The van der Waals surface area contributed by atoms with Gasteiger partial charge >= 0.3 is 5.97 Å². The maximum absolute atomic E-state index is 14.4. The summed E-state index contributed by atoms with van der Waals surface area (Å²) in [7, 11) is 1.31. The van der Waals surface area contributed by atoms with Crippen molar-refractivity contribution in [3.8, 4) is 0 Å². The monoisotopic (exact) mass is 551 g/mol. The third-order valence-electron chi connectivity index (χ3n) is 5.42. The van der Waals surface area contributed by atoms with Gasteiger partial charge in [0, 0.05) is 6.54 Å². The van der Waals surface area contributed by atoms with Gasteiger partial charge in [-0.3, -0.25) is 0 Å². The smallest absolute Gasteiger partial charge is 0.331 e. The molecule has 0 spiro atoms. The number of hydrogen-bond acceptors (Lipinski definition) is 9. The van der Waals surface area contributed by atoms with Crippen LogP contribution in [0.25, 0.3) is 0 Å². The molecule has 0 heterocycles. The second-order valence-corrected chi connectivity index (χ2v) is 8.41. The number of benzene rings is 2. The maximum Gasteiger partial charge on any atom is 0.331 e. The van der Waals surface area contributed by atoms with Crippen molar-refractivity contribution in [2.75, 3.05) is 92.9 Å². The molecule has 1 unspecified atom stereocenters. The molecule has 0 aliphatic heterocycles. The molecule has 10 heteroatoms. The van der Waals surface area contributed by atoms with E-state index in [9.17, 15) is 9.18 Å². The lowest BCUT2D eigenvalue weighted by atomic mass is 9.98. The molecule has 2 aromatic carbocycles. The summed E-state index contributed by atoms with van der Waals surface area (Å²) in [5.41, 5.74) is 2.17. The van der Waals surface area contributed by atoms with E-state index in [1.807, 2.05) is 60.7 Å². The summed E-state index contributed by atoms with van der Waals surface area (Å²) < 4.78 is 51.0. The summed E-state index contributed by atoms with van der Waals surface area (Å²) in [6, 6.07) is 19.9. The molecule has 9 nitrogen and oxygen atoms in total. The zero-order chi connectivity index (χ0) is 27.8. The van der Waals surface area contributed by atoms with Crippen LogP contribution < -0.4 is 5.32 Å². The molecule has 2 aromatic rings. The number of carbonyl (C=O) groups excluding carboxylic acids is 1. The van der Waals surface area contributed by atoms with Gasteiger partial charge in [-0.25, -0.2) is 9.18 Å². The van der Waals surface area contributed by atoms with Crippen LogP contribution in [-0.4, -0.2) is 105 Å². The highest BCUT2D eigenvalue weighted by atomic mass is 19.1. The second kappa shape index (κ2) is 22.4. The van der Waals surface area contributed by atoms with Crippen LogP contribution in [0.3, 0.4) is 0 Å². The van der Waals surface area contributed by atoms with Gasteiger partial charge in [0.15, 0.2) is 0 Å². The first-order valence-electron chi connectivity index (χ1n) is 13.2. The molecule has 0 saturated heterocycles. The van der Waals surface area contributed by atoms with Crippen molar-refractivity contribution in [3.05, 3.63) is 71.8 Å². The van der Waals surface area contributed by atoms with Crippen LogP contribution in [-0.2, 0) is 38.0 Å². The van der Waals surface area contributed by atoms with E-state index in [-0.39, 0.29) is 25.8 Å². The van der Waals surface area contributed by atoms with E-state index >= 15 is 0 Å². The molecular formula is C29H42FNO8. The summed E-state index contributed by atoms with van der Waals surface area (Å²) in [4.78, 5) is 10.9. The van der Waals surface area contributed by atoms with Gasteiger partial charge in [-0.05, 0) is 11.1 Å². The predicted octanol–water partition coefficient (Wildman–Crippen LogP) is 2.98. The Labute approximate surface area is 230 Å². The van der Waals surface area contributed by atoms with E-state index in [1.54, 1.807) is 0 Å². The number of esters is 1. The molecule has 1 N–H and O–H groups in total. The van der Waals surface area contributed by atoms with Gasteiger partial charge in [-0.1, -0.05) is 60.7 Å². The minimum atomic E-state index is -1.13. The third-order valence-corrected chi connectivity index (χ3v) is 5.42. The minimum Gasteiger partial charge on any atom is -0.467 e. The van der Waals surface area contributed by atoms with E-state index in [4.69, 9.17) is 28.4 Å². The molecular weight excluding hydrogens is 509 g/mol. The Morgan fingerprint density at radius 2 is 1.08 bits per heavy atom. The Balaban J connectivity index is 1.38. The number of halogens is 1. The molecule has 0 fully saturated rings. The van der Waals surface area contributed by atoms with Crippen molar-refractivity contribution < 1.29 is 42.3 Å². The Hall–Kier alpha value is -2.44. The highest BCUT2D eigenvalue weighted by Crippen LogP contribution is 2.21. The highest BCUT2D eigenvalue weighted by molar-refractivity contribution is 5.70. The Kier molecular flexibility index (Phi) is 18.8. The zero-order valence-electron chi connectivity index (χ0n) is 22.8. The van der Waals surface area contributed by atoms with Gasteiger partial charge in [0.05, 0.1) is 85.8 Å². The molecule has 0 bridgehead atoms. The van der Waals surface area contributed by atoms with Crippen molar-refractivity contribution in [3.63, 3.8) is 0 Å². The van der Waals surface area contributed by atoms with E-state index in [1.165, 1.54) is 7.11 Å². The lowest BCUT2D eigenvalue weighted by Crippen LogP contribution is -2.31. The average Bonchev–Trinajstić information content (AvgIpc) is 2.97. The summed E-state index contributed by atoms with van der Waals surface area (Å²) in [6.45, 7) is 4.14. The van der Waals surface area contributed by atoms with Crippen LogP contribution in [0.4, 0.5) is 4.39 Å². The summed E-state index contributed by atoms with van der Waals surface area (Å²) in [5, 5.41) is 3.33. The average molecular weight is 552 g/mol. The fourth-order valence-electron chi connectivity index (χ4n) is 3.45. The lowest BCUT2D eigenvalue weighted by Gasteiger charge is -2.21. The number of methoxy groups -OCH3 is 1. The molecule has 0 aliphatic rings. The number of nitrogens with one attached hydrogen (secondary N) is 1. The van der Waals surface area contributed by atoms with Gasteiger partial charge in [0.2, 0.25) is 0 Å². The van der Waals surface area contributed by atoms with Gasteiger partial charge in [0.1, 0.15) is 12.8 Å². The van der Waals surface area contributed by atoms with E-state index < -0.39 is 12.1 Å². The summed E-state index contributed by atoms with van der Waals surface area (Å²) in [5.74, 6) is -0.414. The number of ether oxygens (including phenoxy) is 7. The van der Waals surface area contributed by atoms with Gasteiger partial charge in [-0.2, -0.15) is 0 Å². The quantitative estimate of drug-likeness (QED) is 0.156. The standard InChI is InChI=1S/C29H42FNO8/c1-33-28(32)24-39-21-19-37-17-15-35-13-12-34-14-16-36-18-20-38-23-27(30)22-31-29(25-8-4-2-5-9-25)26-10-6-3-7-11-26/h2-11,27,29,31H,12-24H2,1H3. The van der Waals surface area contributed by atoms with E-state index in [2.05, 4.69) is 10.1 Å². The van der Waals surface area contributed by atoms with Crippen LogP contribution in [0.2, 0.25) is 0 Å². The van der Waals surface area contributed by atoms with Crippen molar-refractivity contribution in [1.82, 2.24) is 5.32 Å². The Morgan fingerprint density at radius 3 is 1.51 bits per heavy atom. The first kappa shape index (κ1) is 32.8. The van der Waals surface area contributed by atoms with Crippen LogP contribution >= 0.6 is 0 Å². The van der Waals surface area contributed by atoms with Crippen LogP contribution in [0.15, 0.2) is 60.7 Å². The summed E-state index contributed by atoms with van der Waals surface area (Å²) in [6.07, 6.45) is -1.13. The van der Waals surface area contributed by atoms with Crippen LogP contribution in [0, 0.1) is 0 Å². The van der Waals surface area contributed by atoms with Gasteiger partial charge < -0.3 is 38.5 Å². The Morgan fingerprint density at radius 1 is 0.667 bits per heavy atom. The van der Waals surface area contributed by atoms with Crippen molar-refractivity contribution >= 4 is 5.97 Å². The zero-order valence-corrected chi connectivity index (χ0v) is 22.8. The van der Waals surface area contributed by atoms with Gasteiger partial charge in [0.25, 0.3) is 0 Å². The molecule has 0 aromatic heterocycles.